The Balaban J connectivity index is 1.72. The molecule has 0 bridgehead atoms. The van der Waals surface area contributed by atoms with Crippen LogP contribution < -0.4 is 20.9 Å². The quantitative estimate of drug-likeness (QED) is 0.178. The average molecular weight is 652 g/mol. The van der Waals surface area contributed by atoms with Gasteiger partial charge in [0.25, 0.3) is 5.56 Å². The van der Waals surface area contributed by atoms with Gasteiger partial charge in [-0.2, -0.15) is 0 Å². The minimum absolute atomic E-state index is 0.135. The maximum absolute atomic E-state index is 14.3. The number of ether oxygens (including phenoxy) is 4. The highest BCUT2D eigenvalue weighted by molar-refractivity contribution is 7.57. The summed E-state index contributed by atoms with van der Waals surface area (Å²) in [6.07, 6.45) is 1.36. The van der Waals surface area contributed by atoms with Gasteiger partial charge in [-0.3, -0.25) is 28.5 Å². The van der Waals surface area contributed by atoms with Crippen molar-refractivity contribution in [2.75, 3.05) is 26.2 Å². The molecule has 1 aliphatic rings. The summed E-state index contributed by atoms with van der Waals surface area (Å²) in [6, 6.07) is 7.10. The van der Waals surface area contributed by atoms with E-state index in [2.05, 4.69) is 10.1 Å². The van der Waals surface area contributed by atoms with Gasteiger partial charge in [-0.25, -0.2) is 9.88 Å². The van der Waals surface area contributed by atoms with E-state index in [1.54, 1.807) is 37.3 Å². The van der Waals surface area contributed by atoms with Crippen LogP contribution in [0.25, 0.3) is 0 Å². The molecule has 4 atom stereocenters. The van der Waals surface area contributed by atoms with Crippen molar-refractivity contribution in [1.82, 2.24) is 14.6 Å². The summed E-state index contributed by atoms with van der Waals surface area (Å²) < 4.78 is 44.1. The summed E-state index contributed by atoms with van der Waals surface area (Å²) >= 11 is 0. The molecule has 2 aromatic rings. The maximum atomic E-state index is 14.3. The lowest BCUT2D eigenvalue weighted by Crippen LogP contribution is -2.40. The molecule has 1 aromatic heterocycles. The Morgan fingerprint density at radius 3 is 2.40 bits per heavy atom. The predicted octanol–water partition coefficient (Wildman–Crippen LogP) is 3.78. The number of hydrogen-bond donors (Lipinski definition) is 2. The fraction of sp³-hybridized carbons (Fsp3) is 0.613. The summed E-state index contributed by atoms with van der Waals surface area (Å²) in [5.74, 6) is -0.502. The van der Waals surface area contributed by atoms with Gasteiger partial charge in [-0.05, 0) is 43.7 Å². The number of aromatic amines is 1. The van der Waals surface area contributed by atoms with Crippen LogP contribution in [0.15, 0.2) is 46.1 Å². The number of carbonyl (C=O) groups excluding carboxylic acids is 2. The smallest absolute Gasteiger partial charge is 0.342 e. The summed E-state index contributed by atoms with van der Waals surface area (Å²) in [5, 5.41) is 2.75. The molecule has 0 aliphatic carbocycles. The number of nitrogens with zero attached hydrogens (tertiary/aromatic N) is 1. The zero-order valence-electron chi connectivity index (χ0n) is 26.7. The standard InChI is InChI=1S/C31H46N3O10P/c1-21(2)11-13-40-28(35)16-27(30(37)41-14-12-22(3)4)33-45(39,44-24-9-7-6-8-10-24)20-43-26-15-25(42-19-26)18-34-17-23(5)29(36)32-31(34)38/h6-10,17,21-22,25-27H,11-16,18-20H2,1-5H3,(H,33,39)(H,32,36,38)/t25-,26-,27+,45?/m1/s1. The summed E-state index contributed by atoms with van der Waals surface area (Å²) in [7, 11) is -3.99. The monoisotopic (exact) mass is 651 g/mol. The molecule has 2 N–H and O–H groups in total. The van der Waals surface area contributed by atoms with Gasteiger partial charge in [0.05, 0.1) is 45.0 Å². The van der Waals surface area contributed by atoms with Crippen LogP contribution >= 0.6 is 7.52 Å². The van der Waals surface area contributed by atoms with E-state index < -0.39 is 61.7 Å². The number of aromatic nitrogens is 2. The second kappa shape index (κ2) is 17.4. The largest absolute Gasteiger partial charge is 0.466 e. The molecule has 0 amide bonds. The number of aryl methyl sites for hydroxylation is 1. The molecule has 1 fully saturated rings. The third kappa shape index (κ3) is 12.6. The van der Waals surface area contributed by atoms with Crippen LogP contribution in [0, 0.1) is 18.8 Å². The van der Waals surface area contributed by atoms with E-state index in [-0.39, 0.29) is 38.0 Å². The molecule has 13 nitrogen and oxygen atoms in total. The highest BCUT2D eigenvalue weighted by atomic mass is 31.2. The minimum atomic E-state index is -3.99. The number of para-hydroxylation sites is 1. The highest BCUT2D eigenvalue weighted by Gasteiger charge is 2.37. The normalized spacial score (nSPS) is 18.5. The topological polar surface area (TPSA) is 164 Å². The zero-order valence-corrected chi connectivity index (χ0v) is 27.6. The van der Waals surface area contributed by atoms with Crippen LogP contribution in [0.4, 0.5) is 0 Å². The molecule has 1 aromatic carbocycles. The third-order valence-electron chi connectivity index (χ3n) is 7.01. The lowest BCUT2D eigenvalue weighted by molar-refractivity contribution is -0.152. The van der Waals surface area contributed by atoms with E-state index in [0.717, 1.165) is 0 Å². The number of nitrogens with one attached hydrogen (secondary N) is 2. The Kier molecular flexibility index (Phi) is 14.0. The van der Waals surface area contributed by atoms with Crippen LogP contribution in [0.5, 0.6) is 5.75 Å². The Bertz CT molecular complexity index is 1410. The van der Waals surface area contributed by atoms with Gasteiger partial charge < -0.3 is 23.5 Å². The van der Waals surface area contributed by atoms with Crippen LogP contribution in [0.1, 0.15) is 58.9 Å². The molecule has 14 heteroatoms. The zero-order chi connectivity index (χ0) is 33.0. The molecule has 0 spiro atoms. The van der Waals surface area contributed by atoms with Gasteiger partial charge in [-0.15, -0.1) is 0 Å². The van der Waals surface area contributed by atoms with Crippen molar-refractivity contribution in [1.29, 1.82) is 0 Å². The van der Waals surface area contributed by atoms with E-state index in [4.69, 9.17) is 23.5 Å². The fourth-order valence-electron chi connectivity index (χ4n) is 4.38. The molecule has 1 aliphatic heterocycles. The molecular formula is C31H46N3O10P. The van der Waals surface area contributed by atoms with Crippen LogP contribution in [-0.4, -0.2) is 65.9 Å². The first-order valence-electron chi connectivity index (χ1n) is 15.3. The van der Waals surface area contributed by atoms with E-state index in [9.17, 15) is 23.7 Å². The van der Waals surface area contributed by atoms with Crippen LogP contribution in [0.3, 0.4) is 0 Å². The number of rotatable bonds is 18. The van der Waals surface area contributed by atoms with Crippen molar-refractivity contribution in [3.8, 4) is 5.75 Å². The molecule has 1 saturated heterocycles. The maximum Gasteiger partial charge on any atom is 0.342 e. The number of hydrogen-bond acceptors (Lipinski definition) is 10. The van der Waals surface area contributed by atoms with Crippen molar-refractivity contribution < 1.29 is 37.6 Å². The first-order chi connectivity index (χ1) is 21.3. The fourth-order valence-corrected chi connectivity index (χ4v) is 6.10. The number of H-pyrrole nitrogens is 1. The number of esters is 2. The molecule has 250 valence electrons. The van der Waals surface area contributed by atoms with E-state index in [0.29, 0.717) is 30.7 Å². The third-order valence-corrected chi connectivity index (χ3v) is 8.71. The van der Waals surface area contributed by atoms with E-state index >= 15 is 0 Å². The van der Waals surface area contributed by atoms with Crippen molar-refractivity contribution in [2.24, 2.45) is 11.8 Å². The molecule has 0 saturated carbocycles. The second-order valence-corrected chi connectivity index (χ2v) is 14.1. The molecular weight excluding hydrogens is 605 g/mol. The number of benzene rings is 1. The summed E-state index contributed by atoms with van der Waals surface area (Å²) in [6.45, 7) is 10.3. The van der Waals surface area contributed by atoms with Crippen molar-refractivity contribution in [2.45, 2.75) is 85.1 Å². The molecule has 1 unspecified atom stereocenters. The van der Waals surface area contributed by atoms with Crippen molar-refractivity contribution >= 4 is 19.5 Å². The molecule has 0 radical (unpaired) electrons. The van der Waals surface area contributed by atoms with Gasteiger partial charge in [0, 0.05) is 18.2 Å². The average Bonchev–Trinajstić information content (AvgIpc) is 3.42. The summed E-state index contributed by atoms with van der Waals surface area (Å²) in [5.41, 5.74) is -0.596. The lowest BCUT2D eigenvalue weighted by atomic mass is 10.1. The van der Waals surface area contributed by atoms with Gasteiger partial charge in [0.1, 0.15) is 18.1 Å². The SMILES string of the molecule is Cc1cn(C[C@H]2C[C@@H](OCP(=O)(N[C@@H](CC(=O)OCCC(C)C)C(=O)OCCC(C)C)Oc3ccccc3)CO2)c(=O)[nH]c1=O. The summed E-state index contributed by atoms with van der Waals surface area (Å²) in [4.78, 5) is 52.0. The van der Waals surface area contributed by atoms with Gasteiger partial charge in [-0.1, -0.05) is 45.9 Å². The second-order valence-electron chi connectivity index (χ2n) is 12.0. The Morgan fingerprint density at radius 1 is 1.07 bits per heavy atom. The van der Waals surface area contributed by atoms with Crippen molar-refractivity contribution in [3.05, 3.63) is 62.9 Å². The van der Waals surface area contributed by atoms with E-state index in [1.807, 2.05) is 27.7 Å². The molecule has 3 rings (SSSR count). The minimum Gasteiger partial charge on any atom is -0.466 e. The first kappa shape index (κ1) is 36.2. The predicted molar refractivity (Wildman–Crippen MR) is 167 cm³/mol. The first-order valence-corrected chi connectivity index (χ1v) is 17.1. The number of carbonyl (C=O) groups is 2. The van der Waals surface area contributed by atoms with Gasteiger partial charge in [0.15, 0.2) is 0 Å². The van der Waals surface area contributed by atoms with Crippen molar-refractivity contribution in [3.63, 3.8) is 0 Å². The molecule has 2 heterocycles. The Hall–Kier alpha value is -3.25. The van der Waals surface area contributed by atoms with Crippen LogP contribution in [0.2, 0.25) is 0 Å². The van der Waals surface area contributed by atoms with E-state index in [1.165, 1.54) is 10.8 Å². The Labute approximate surface area is 263 Å². The Morgan fingerprint density at radius 2 is 1.73 bits per heavy atom. The lowest BCUT2D eigenvalue weighted by Gasteiger charge is -2.26. The van der Waals surface area contributed by atoms with Crippen LogP contribution in [-0.2, 0) is 39.6 Å². The van der Waals surface area contributed by atoms with Gasteiger partial charge in [0.2, 0.25) is 0 Å². The molecule has 45 heavy (non-hydrogen) atoms. The van der Waals surface area contributed by atoms with Gasteiger partial charge >= 0.3 is 25.1 Å². The highest BCUT2D eigenvalue weighted by Crippen LogP contribution is 2.44.